The van der Waals surface area contributed by atoms with Crippen LogP contribution in [0.2, 0.25) is 0 Å². The SMILES string of the molecule is Cc1ccc2c(c1)nc(C)n2C1CCN(C[C@H]2Cc3ccc(Br)cc3C2)CC1O. The van der Waals surface area contributed by atoms with Crippen LogP contribution in [0.1, 0.15) is 35.0 Å². The van der Waals surface area contributed by atoms with Crippen molar-refractivity contribution in [1.82, 2.24) is 14.5 Å². The molecule has 0 radical (unpaired) electrons. The Labute approximate surface area is 180 Å². The third kappa shape index (κ3) is 3.65. The lowest BCUT2D eigenvalue weighted by molar-refractivity contribution is 0.0223. The molecular formula is C24H28BrN3O. The Morgan fingerprint density at radius 3 is 2.76 bits per heavy atom. The standard InChI is InChI=1S/C24H28BrN3O/c1-15-3-6-22-21(9-15)26-16(2)28(22)23-7-8-27(14-24(23)29)13-17-10-18-4-5-20(25)12-19(18)11-17/h3-6,9,12,17,23-24,29H,7-8,10-11,13-14H2,1-2H3/t17-,23?,24?/m0/s1. The van der Waals surface area contributed by atoms with Crippen molar-refractivity contribution < 1.29 is 5.11 Å². The number of fused-ring (bicyclic) bond motifs is 2. The predicted molar refractivity (Wildman–Crippen MR) is 120 cm³/mol. The number of aromatic nitrogens is 2. The molecule has 29 heavy (non-hydrogen) atoms. The number of likely N-dealkylation sites (tertiary alicyclic amines) is 1. The molecule has 152 valence electrons. The molecule has 2 unspecified atom stereocenters. The van der Waals surface area contributed by atoms with Gasteiger partial charge in [-0.3, -0.25) is 0 Å². The van der Waals surface area contributed by atoms with Gasteiger partial charge in [-0.15, -0.1) is 0 Å². The van der Waals surface area contributed by atoms with Crippen LogP contribution in [0.5, 0.6) is 0 Å². The first-order chi connectivity index (χ1) is 14.0. The zero-order valence-electron chi connectivity index (χ0n) is 17.1. The topological polar surface area (TPSA) is 41.3 Å². The van der Waals surface area contributed by atoms with Crippen LogP contribution in [0.15, 0.2) is 40.9 Å². The van der Waals surface area contributed by atoms with Gasteiger partial charge in [0.25, 0.3) is 0 Å². The summed E-state index contributed by atoms with van der Waals surface area (Å²) in [7, 11) is 0. The van der Waals surface area contributed by atoms with E-state index in [0.29, 0.717) is 5.92 Å². The van der Waals surface area contributed by atoms with Crippen molar-refractivity contribution in [2.24, 2.45) is 5.92 Å². The second-order valence-electron chi connectivity index (χ2n) is 8.89. The Bertz CT molecular complexity index is 1060. The minimum Gasteiger partial charge on any atom is -0.390 e. The molecule has 0 bridgehead atoms. The maximum atomic E-state index is 11.0. The summed E-state index contributed by atoms with van der Waals surface area (Å²) in [6.45, 7) is 7.00. The lowest BCUT2D eigenvalue weighted by Gasteiger charge is -2.38. The molecule has 1 aliphatic carbocycles. The number of benzene rings is 2. The summed E-state index contributed by atoms with van der Waals surface area (Å²) in [5.41, 5.74) is 6.37. The van der Waals surface area contributed by atoms with Crippen molar-refractivity contribution in [3.8, 4) is 0 Å². The lowest BCUT2D eigenvalue weighted by atomic mass is 9.98. The van der Waals surface area contributed by atoms with Gasteiger partial charge in [0.1, 0.15) is 5.82 Å². The van der Waals surface area contributed by atoms with Crippen molar-refractivity contribution in [3.05, 3.63) is 63.4 Å². The fraction of sp³-hybridized carbons (Fsp3) is 0.458. The Balaban J connectivity index is 1.28. The van der Waals surface area contributed by atoms with Crippen LogP contribution in [0.4, 0.5) is 0 Å². The first-order valence-corrected chi connectivity index (χ1v) is 11.4. The van der Waals surface area contributed by atoms with E-state index in [1.165, 1.54) is 21.2 Å². The number of aryl methyl sites for hydroxylation is 2. The second-order valence-corrected chi connectivity index (χ2v) is 9.81. The molecule has 2 heterocycles. The number of β-amino-alcohol motifs (C(OH)–C–C–N with tert-alkyl or cyclic N) is 1. The van der Waals surface area contributed by atoms with E-state index in [-0.39, 0.29) is 12.1 Å². The van der Waals surface area contributed by atoms with Gasteiger partial charge in [-0.1, -0.05) is 28.1 Å². The van der Waals surface area contributed by atoms with Crippen LogP contribution >= 0.6 is 15.9 Å². The van der Waals surface area contributed by atoms with E-state index in [2.05, 4.69) is 75.6 Å². The molecule has 1 saturated heterocycles. The van der Waals surface area contributed by atoms with Crippen molar-refractivity contribution in [1.29, 1.82) is 0 Å². The van der Waals surface area contributed by atoms with Crippen LogP contribution in [-0.2, 0) is 12.8 Å². The number of aliphatic hydroxyl groups is 1. The number of halogens is 1. The zero-order chi connectivity index (χ0) is 20.1. The number of hydrogen-bond acceptors (Lipinski definition) is 3. The Morgan fingerprint density at radius 1 is 1.10 bits per heavy atom. The van der Waals surface area contributed by atoms with E-state index in [1.807, 2.05) is 0 Å². The maximum absolute atomic E-state index is 11.0. The highest BCUT2D eigenvalue weighted by atomic mass is 79.9. The number of piperidine rings is 1. The summed E-state index contributed by atoms with van der Waals surface area (Å²) in [6.07, 6.45) is 2.91. The fourth-order valence-corrected chi connectivity index (χ4v) is 5.78. The number of nitrogens with zero attached hydrogens (tertiary/aromatic N) is 3. The highest BCUT2D eigenvalue weighted by Gasteiger charge is 2.33. The van der Waals surface area contributed by atoms with Gasteiger partial charge in [-0.05, 0) is 80.0 Å². The normalized spacial score (nSPS) is 24.9. The Morgan fingerprint density at radius 2 is 1.93 bits per heavy atom. The smallest absolute Gasteiger partial charge is 0.107 e. The molecule has 5 heteroatoms. The molecule has 0 saturated carbocycles. The summed E-state index contributed by atoms with van der Waals surface area (Å²) in [5.74, 6) is 1.65. The van der Waals surface area contributed by atoms with Crippen LogP contribution in [0, 0.1) is 19.8 Å². The van der Waals surface area contributed by atoms with Crippen molar-refractivity contribution >= 4 is 27.0 Å². The molecule has 3 atom stereocenters. The highest BCUT2D eigenvalue weighted by Crippen LogP contribution is 2.33. The molecule has 1 aliphatic heterocycles. The number of imidazole rings is 1. The van der Waals surface area contributed by atoms with Crippen molar-refractivity contribution in [3.63, 3.8) is 0 Å². The highest BCUT2D eigenvalue weighted by molar-refractivity contribution is 9.10. The number of rotatable bonds is 3. The molecule has 0 spiro atoms. The van der Waals surface area contributed by atoms with Gasteiger partial charge in [0.15, 0.2) is 0 Å². The third-order valence-electron chi connectivity index (χ3n) is 6.69. The fourth-order valence-electron chi connectivity index (χ4n) is 5.37. The van der Waals surface area contributed by atoms with E-state index in [4.69, 9.17) is 4.98 Å². The van der Waals surface area contributed by atoms with Gasteiger partial charge < -0.3 is 14.6 Å². The van der Waals surface area contributed by atoms with E-state index in [1.54, 1.807) is 0 Å². The van der Waals surface area contributed by atoms with Crippen LogP contribution in [-0.4, -0.2) is 45.3 Å². The largest absolute Gasteiger partial charge is 0.390 e. The van der Waals surface area contributed by atoms with E-state index in [0.717, 1.165) is 55.8 Å². The van der Waals surface area contributed by atoms with Gasteiger partial charge in [0.2, 0.25) is 0 Å². The summed E-state index contributed by atoms with van der Waals surface area (Å²) in [6, 6.07) is 13.2. The Hall–Kier alpha value is -1.69. The average Bonchev–Trinajstić information content (AvgIpc) is 3.20. The summed E-state index contributed by atoms with van der Waals surface area (Å²) >= 11 is 3.59. The molecule has 0 amide bonds. The minimum absolute atomic E-state index is 0.107. The lowest BCUT2D eigenvalue weighted by Crippen LogP contribution is -2.46. The predicted octanol–water partition coefficient (Wildman–Crippen LogP) is 4.44. The summed E-state index contributed by atoms with van der Waals surface area (Å²) < 4.78 is 3.44. The third-order valence-corrected chi connectivity index (χ3v) is 7.18. The van der Waals surface area contributed by atoms with E-state index < -0.39 is 0 Å². The molecule has 2 aliphatic rings. The van der Waals surface area contributed by atoms with Crippen LogP contribution in [0.25, 0.3) is 11.0 Å². The van der Waals surface area contributed by atoms with Crippen molar-refractivity contribution in [2.75, 3.05) is 19.6 Å². The van der Waals surface area contributed by atoms with E-state index in [9.17, 15) is 5.11 Å². The summed E-state index contributed by atoms with van der Waals surface area (Å²) in [5, 5.41) is 11.0. The van der Waals surface area contributed by atoms with E-state index >= 15 is 0 Å². The molecule has 1 N–H and O–H groups in total. The molecule has 1 fully saturated rings. The van der Waals surface area contributed by atoms with Crippen molar-refractivity contribution in [2.45, 2.75) is 45.3 Å². The molecule has 3 aromatic rings. The molecule has 5 rings (SSSR count). The first-order valence-electron chi connectivity index (χ1n) is 10.6. The van der Waals surface area contributed by atoms with Crippen LogP contribution < -0.4 is 0 Å². The van der Waals surface area contributed by atoms with Gasteiger partial charge in [0, 0.05) is 24.1 Å². The molecule has 1 aromatic heterocycles. The quantitative estimate of drug-likeness (QED) is 0.637. The maximum Gasteiger partial charge on any atom is 0.107 e. The van der Waals surface area contributed by atoms with Gasteiger partial charge >= 0.3 is 0 Å². The number of aliphatic hydroxyl groups excluding tert-OH is 1. The Kier molecular flexibility index (Phi) is 5.01. The van der Waals surface area contributed by atoms with Gasteiger partial charge in [0.05, 0.1) is 23.2 Å². The molecule has 4 nitrogen and oxygen atoms in total. The minimum atomic E-state index is -0.362. The second kappa shape index (κ2) is 7.53. The zero-order valence-corrected chi connectivity index (χ0v) is 18.7. The summed E-state index contributed by atoms with van der Waals surface area (Å²) in [4.78, 5) is 7.21. The van der Waals surface area contributed by atoms with Gasteiger partial charge in [-0.25, -0.2) is 4.98 Å². The van der Waals surface area contributed by atoms with Crippen LogP contribution in [0.3, 0.4) is 0 Å². The molecule has 2 aromatic carbocycles. The van der Waals surface area contributed by atoms with Gasteiger partial charge in [-0.2, -0.15) is 0 Å². The average molecular weight is 454 g/mol. The first kappa shape index (κ1) is 19.3. The monoisotopic (exact) mass is 453 g/mol. The number of hydrogen-bond donors (Lipinski definition) is 1. The molecular weight excluding hydrogens is 426 g/mol.